The normalized spacial score (nSPS) is 16.1. The fourth-order valence-electron chi connectivity index (χ4n) is 4.81. The van der Waals surface area contributed by atoms with Gasteiger partial charge in [-0.15, -0.1) is 0 Å². The summed E-state index contributed by atoms with van der Waals surface area (Å²) in [6, 6.07) is 0.255. The van der Waals surface area contributed by atoms with Gasteiger partial charge in [0.15, 0.2) is 5.82 Å². The average molecular weight is 621 g/mol. The van der Waals surface area contributed by atoms with Crippen LogP contribution in [0.1, 0.15) is 84.3 Å². The second kappa shape index (κ2) is 19.1. The van der Waals surface area contributed by atoms with E-state index in [4.69, 9.17) is 4.74 Å². The highest BCUT2D eigenvalue weighted by atomic mass is 19.3. The number of pyridine rings is 1. The maximum atomic E-state index is 14.4. The van der Waals surface area contributed by atoms with Crippen LogP contribution in [-0.2, 0) is 19.1 Å². The van der Waals surface area contributed by atoms with Gasteiger partial charge in [0.05, 0.1) is 25.4 Å². The fourth-order valence-corrected chi connectivity index (χ4v) is 4.81. The highest BCUT2D eigenvalue weighted by Crippen LogP contribution is 2.35. The lowest BCUT2D eigenvalue weighted by Crippen LogP contribution is -2.52. The number of likely N-dealkylation sites (tertiary alicyclic amines) is 1. The molecule has 0 bridgehead atoms. The Labute approximate surface area is 260 Å². The first kappa shape index (κ1) is 36.8. The molecule has 4 N–H and O–H groups in total. The van der Waals surface area contributed by atoms with Gasteiger partial charge in [-0.2, -0.15) is 8.78 Å². The summed E-state index contributed by atoms with van der Waals surface area (Å²) in [6.45, 7) is 11.4. The van der Waals surface area contributed by atoms with E-state index in [0.29, 0.717) is 56.6 Å². The number of allylic oxidation sites excluding steroid dienone is 1. The summed E-state index contributed by atoms with van der Waals surface area (Å²) < 4.78 is 34.3. The van der Waals surface area contributed by atoms with Crippen molar-refractivity contribution in [3.63, 3.8) is 0 Å². The van der Waals surface area contributed by atoms with Gasteiger partial charge >= 0.3 is 5.92 Å². The molecule has 3 amide bonds. The molecule has 0 aromatic carbocycles. The fraction of sp³-hybridized carbons (Fsp3) is 0.625. The monoisotopic (exact) mass is 620 g/mol. The molecule has 1 aromatic rings. The molecule has 246 valence electrons. The zero-order valence-corrected chi connectivity index (χ0v) is 26.8. The number of carbonyl (C=O) groups excluding carboxylic acids is 3. The van der Waals surface area contributed by atoms with Crippen LogP contribution in [0.5, 0.6) is 0 Å². The highest BCUT2D eigenvalue weighted by Gasteiger charge is 2.42. The smallest absolute Gasteiger partial charge is 0.336 e. The second-order valence-corrected chi connectivity index (χ2v) is 11.4. The number of nitrogens with zero attached hydrogens (tertiary/aromatic N) is 2. The van der Waals surface area contributed by atoms with Crippen molar-refractivity contribution < 1.29 is 27.9 Å². The van der Waals surface area contributed by atoms with Crippen LogP contribution in [0.25, 0.3) is 11.6 Å². The maximum absolute atomic E-state index is 14.4. The number of aromatic nitrogens is 1. The first-order valence-corrected chi connectivity index (χ1v) is 15.6. The first-order chi connectivity index (χ1) is 21.1. The molecule has 2 aliphatic heterocycles. The Kier molecular flexibility index (Phi) is 16.0. The SMILES string of the molecule is CCC(C)NC=O.CCCCNCC(F)(F)C(=O)N1CCC(Nc2ncc(C3=CCOCC3)c(C=C(C)C)c2NC=O)CC1. The number of anilines is 2. The standard InChI is InChI=1S/C27H39F2N5O3.C5H11NO/c1-4-5-10-30-17-27(28,29)26(36)34-11-6-21(7-12-34)33-25-24(32-18-35)22(15-19(2)3)23(16-31-25)20-8-13-37-14-9-20;1-3-5(2)6-4-7/h8,15-16,18,21,30H,4-7,9-14,17H2,1-3H3,(H,31,33)(H,32,35);4-5H,3H2,1-2H3,(H,6,7). The van der Waals surface area contributed by atoms with Crippen LogP contribution < -0.4 is 21.3 Å². The number of hydrogen-bond donors (Lipinski definition) is 4. The van der Waals surface area contributed by atoms with E-state index in [1.807, 2.05) is 46.8 Å². The van der Waals surface area contributed by atoms with E-state index in [-0.39, 0.29) is 19.1 Å². The van der Waals surface area contributed by atoms with Crippen molar-refractivity contribution in [3.8, 4) is 0 Å². The third kappa shape index (κ3) is 11.6. The lowest BCUT2D eigenvalue weighted by molar-refractivity contribution is -0.157. The molecule has 0 radical (unpaired) electrons. The average Bonchev–Trinajstić information content (AvgIpc) is 3.01. The molecule has 12 heteroatoms. The quantitative estimate of drug-likeness (QED) is 0.164. The molecule has 0 saturated carbocycles. The van der Waals surface area contributed by atoms with Gasteiger partial charge in [-0.3, -0.25) is 14.4 Å². The summed E-state index contributed by atoms with van der Waals surface area (Å²) in [5.74, 6) is -4.03. The zero-order valence-electron chi connectivity index (χ0n) is 26.8. The molecular weight excluding hydrogens is 570 g/mol. The van der Waals surface area contributed by atoms with Gasteiger partial charge in [-0.05, 0) is 65.0 Å². The zero-order chi connectivity index (χ0) is 32.5. The number of nitrogens with one attached hydrogen (secondary N) is 4. The molecular formula is C32H50F2N6O4. The molecule has 10 nitrogen and oxygen atoms in total. The minimum atomic E-state index is -3.43. The molecule has 1 aromatic heterocycles. The molecule has 1 saturated heterocycles. The van der Waals surface area contributed by atoms with E-state index in [2.05, 4.69) is 26.3 Å². The van der Waals surface area contributed by atoms with Gasteiger partial charge < -0.3 is 30.9 Å². The van der Waals surface area contributed by atoms with Crippen LogP contribution in [0.3, 0.4) is 0 Å². The third-order valence-electron chi connectivity index (χ3n) is 7.52. The number of unbranched alkanes of at least 4 members (excludes halogenated alkanes) is 1. The maximum Gasteiger partial charge on any atom is 0.336 e. The molecule has 2 aliphatic rings. The first-order valence-electron chi connectivity index (χ1n) is 15.6. The molecule has 3 heterocycles. The molecule has 1 atom stereocenters. The van der Waals surface area contributed by atoms with Crippen molar-refractivity contribution in [3.05, 3.63) is 29.0 Å². The predicted molar refractivity (Wildman–Crippen MR) is 172 cm³/mol. The van der Waals surface area contributed by atoms with Crippen LogP contribution in [0, 0.1) is 0 Å². The van der Waals surface area contributed by atoms with E-state index < -0.39 is 18.4 Å². The van der Waals surface area contributed by atoms with E-state index in [9.17, 15) is 23.2 Å². The number of alkyl halides is 2. The van der Waals surface area contributed by atoms with E-state index in [0.717, 1.165) is 54.4 Å². The Morgan fingerprint density at radius 3 is 2.48 bits per heavy atom. The summed E-state index contributed by atoms with van der Waals surface area (Å²) in [4.78, 5) is 39.5. The number of rotatable bonds is 15. The minimum absolute atomic E-state index is 0.0762. The number of piperidine rings is 1. The summed E-state index contributed by atoms with van der Waals surface area (Å²) in [5, 5.41) is 11.5. The van der Waals surface area contributed by atoms with Crippen LogP contribution >= 0.6 is 0 Å². The lowest BCUT2D eigenvalue weighted by Gasteiger charge is -2.35. The number of carbonyl (C=O) groups is 3. The van der Waals surface area contributed by atoms with Gasteiger partial charge in [0.1, 0.15) is 0 Å². The Bertz CT molecular complexity index is 1130. The van der Waals surface area contributed by atoms with Gasteiger partial charge in [0, 0.05) is 42.5 Å². The van der Waals surface area contributed by atoms with Crippen molar-refractivity contribution >= 4 is 41.9 Å². The number of ether oxygens (including phenoxy) is 1. The Morgan fingerprint density at radius 1 is 1.20 bits per heavy atom. The molecule has 0 aliphatic carbocycles. The minimum Gasteiger partial charge on any atom is -0.377 e. The van der Waals surface area contributed by atoms with Crippen LogP contribution in [-0.4, -0.2) is 86.0 Å². The molecule has 1 fully saturated rings. The van der Waals surface area contributed by atoms with E-state index in [1.165, 1.54) is 4.90 Å². The van der Waals surface area contributed by atoms with E-state index >= 15 is 0 Å². The lowest BCUT2D eigenvalue weighted by atomic mass is 9.95. The van der Waals surface area contributed by atoms with Crippen LogP contribution in [0.2, 0.25) is 0 Å². The Balaban J connectivity index is 0.000000860. The van der Waals surface area contributed by atoms with Crippen LogP contribution in [0.4, 0.5) is 20.3 Å². The Morgan fingerprint density at radius 2 is 1.93 bits per heavy atom. The van der Waals surface area contributed by atoms with Gasteiger partial charge in [-0.25, -0.2) is 4.98 Å². The number of hydrogen-bond acceptors (Lipinski definition) is 7. The van der Waals surface area contributed by atoms with Crippen molar-refractivity contribution in [1.29, 1.82) is 0 Å². The summed E-state index contributed by atoms with van der Waals surface area (Å²) in [5.41, 5.74) is 4.56. The van der Waals surface area contributed by atoms with Crippen molar-refractivity contribution in [2.24, 2.45) is 0 Å². The van der Waals surface area contributed by atoms with Crippen molar-refractivity contribution in [1.82, 2.24) is 20.5 Å². The highest BCUT2D eigenvalue weighted by molar-refractivity contribution is 5.91. The van der Waals surface area contributed by atoms with Crippen LogP contribution in [0.15, 0.2) is 17.8 Å². The molecule has 0 spiro atoms. The van der Waals surface area contributed by atoms with Gasteiger partial charge in [0.25, 0.3) is 5.91 Å². The van der Waals surface area contributed by atoms with Gasteiger partial charge in [0.2, 0.25) is 12.8 Å². The van der Waals surface area contributed by atoms with E-state index in [1.54, 1.807) is 6.20 Å². The predicted octanol–water partition coefficient (Wildman–Crippen LogP) is 4.84. The topological polar surface area (TPSA) is 125 Å². The Hall–Kier alpha value is -3.38. The second-order valence-electron chi connectivity index (χ2n) is 11.4. The summed E-state index contributed by atoms with van der Waals surface area (Å²) in [6.07, 6.45) is 11.6. The largest absolute Gasteiger partial charge is 0.377 e. The van der Waals surface area contributed by atoms with Gasteiger partial charge in [-0.1, -0.05) is 38.0 Å². The van der Waals surface area contributed by atoms with Crippen molar-refractivity contribution in [2.75, 3.05) is 50.0 Å². The molecule has 3 rings (SSSR count). The molecule has 44 heavy (non-hydrogen) atoms. The number of amides is 3. The summed E-state index contributed by atoms with van der Waals surface area (Å²) >= 11 is 0. The number of halogens is 2. The van der Waals surface area contributed by atoms with Crippen molar-refractivity contribution in [2.45, 2.75) is 91.1 Å². The third-order valence-corrected chi connectivity index (χ3v) is 7.52. The summed E-state index contributed by atoms with van der Waals surface area (Å²) in [7, 11) is 0. The molecule has 1 unspecified atom stereocenters.